The molecule has 2 rings (SSSR count). The molecule has 5 heteroatoms. The number of methoxy groups -OCH3 is 1. The number of carbonyl (C=O) groups is 2. The molecule has 0 bridgehead atoms. The summed E-state index contributed by atoms with van der Waals surface area (Å²) in [6.45, 7) is 2.22. The molecule has 126 valence electrons. The van der Waals surface area contributed by atoms with Crippen LogP contribution in [0, 0.1) is 0 Å². The van der Waals surface area contributed by atoms with E-state index in [9.17, 15) is 9.59 Å². The molecule has 2 aromatic rings. The lowest BCUT2D eigenvalue weighted by Gasteiger charge is -2.13. The van der Waals surface area contributed by atoms with Crippen LogP contribution in [0.4, 0.5) is 0 Å². The maximum absolute atomic E-state index is 12.3. The fraction of sp³-hybridized carbons (Fsp3) is 0.263. The van der Waals surface area contributed by atoms with E-state index in [-0.39, 0.29) is 24.3 Å². The van der Waals surface area contributed by atoms with Crippen molar-refractivity contribution in [2.45, 2.75) is 13.0 Å². The van der Waals surface area contributed by atoms with Gasteiger partial charge in [-0.15, -0.1) is 0 Å². The highest BCUT2D eigenvalue weighted by Crippen LogP contribution is 2.15. The highest BCUT2D eigenvalue weighted by atomic mass is 16.5. The van der Waals surface area contributed by atoms with E-state index in [1.807, 2.05) is 25.1 Å². The third-order valence-electron chi connectivity index (χ3n) is 3.35. The van der Waals surface area contributed by atoms with E-state index in [2.05, 4.69) is 5.32 Å². The summed E-state index contributed by atoms with van der Waals surface area (Å²) in [7, 11) is 1.58. The van der Waals surface area contributed by atoms with Gasteiger partial charge in [0, 0.05) is 24.3 Å². The molecule has 0 fully saturated rings. The summed E-state index contributed by atoms with van der Waals surface area (Å²) in [4.78, 5) is 24.0. The molecule has 24 heavy (non-hydrogen) atoms. The molecule has 0 aliphatic heterocycles. The van der Waals surface area contributed by atoms with Crippen molar-refractivity contribution in [3.63, 3.8) is 0 Å². The lowest BCUT2D eigenvalue weighted by Crippen LogP contribution is -2.38. The van der Waals surface area contributed by atoms with Crippen molar-refractivity contribution in [1.82, 2.24) is 5.32 Å². The first kappa shape index (κ1) is 17.7. The van der Waals surface area contributed by atoms with Gasteiger partial charge in [0.25, 0.3) is 5.91 Å². The van der Waals surface area contributed by atoms with Gasteiger partial charge >= 0.3 is 0 Å². The van der Waals surface area contributed by atoms with Gasteiger partial charge in [-0.05, 0) is 31.2 Å². The molecule has 0 saturated heterocycles. The summed E-state index contributed by atoms with van der Waals surface area (Å²) in [5, 5.41) is 2.76. The maximum Gasteiger partial charge on any atom is 0.258 e. The minimum atomic E-state index is -0.219. The van der Waals surface area contributed by atoms with Crippen LogP contribution in [-0.2, 0) is 9.53 Å². The van der Waals surface area contributed by atoms with Crippen LogP contribution in [0.25, 0.3) is 0 Å². The summed E-state index contributed by atoms with van der Waals surface area (Å²) in [5.74, 6) is 0.270. The fourth-order valence-corrected chi connectivity index (χ4v) is 2.22. The van der Waals surface area contributed by atoms with E-state index in [4.69, 9.17) is 9.47 Å². The normalized spacial score (nSPS) is 11.6. The van der Waals surface area contributed by atoms with Crippen molar-refractivity contribution in [2.75, 3.05) is 20.3 Å². The molecule has 1 amide bonds. The molecular formula is C19H21NO4. The van der Waals surface area contributed by atoms with Gasteiger partial charge in [-0.3, -0.25) is 9.59 Å². The van der Waals surface area contributed by atoms with Crippen LogP contribution in [-0.4, -0.2) is 38.1 Å². The van der Waals surface area contributed by atoms with E-state index in [1.54, 1.807) is 43.5 Å². The molecule has 0 aliphatic rings. The Kier molecular flexibility index (Phi) is 6.51. The van der Waals surface area contributed by atoms with Gasteiger partial charge in [-0.2, -0.15) is 0 Å². The predicted molar refractivity (Wildman–Crippen MR) is 91.3 cm³/mol. The van der Waals surface area contributed by atoms with Crippen LogP contribution < -0.4 is 10.1 Å². The van der Waals surface area contributed by atoms with Crippen LogP contribution in [0.5, 0.6) is 5.75 Å². The summed E-state index contributed by atoms with van der Waals surface area (Å²) < 4.78 is 10.4. The highest BCUT2D eigenvalue weighted by Gasteiger charge is 2.10. The zero-order chi connectivity index (χ0) is 17.4. The molecule has 0 radical (unpaired) electrons. The van der Waals surface area contributed by atoms with Gasteiger partial charge in [-0.25, -0.2) is 0 Å². The van der Waals surface area contributed by atoms with Crippen molar-refractivity contribution in [2.24, 2.45) is 0 Å². The number of carbonyl (C=O) groups excluding carboxylic acids is 2. The molecule has 0 aliphatic carbocycles. The third kappa shape index (κ3) is 5.21. The Hall–Kier alpha value is -2.66. The number of ether oxygens (including phenoxy) is 2. The fourth-order valence-electron chi connectivity index (χ4n) is 2.22. The number of hydrogen-bond donors (Lipinski definition) is 1. The van der Waals surface area contributed by atoms with Crippen molar-refractivity contribution in [3.8, 4) is 5.75 Å². The first-order valence-corrected chi connectivity index (χ1v) is 7.71. The molecule has 0 spiro atoms. The van der Waals surface area contributed by atoms with E-state index in [1.165, 1.54) is 0 Å². The Bertz CT molecular complexity index is 668. The predicted octanol–water partition coefficient (Wildman–Crippen LogP) is 2.45. The zero-order valence-electron chi connectivity index (χ0n) is 13.8. The summed E-state index contributed by atoms with van der Waals surface area (Å²) in [6.07, 6.45) is 0. The number of benzene rings is 2. The minimum Gasteiger partial charge on any atom is -0.484 e. The van der Waals surface area contributed by atoms with E-state index < -0.39 is 0 Å². The Balaban J connectivity index is 1.88. The van der Waals surface area contributed by atoms with Crippen LogP contribution in [0.3, 0.4) is 0 Å². The van der Waals surface area contributed by atoms with Gasteiger partial charge in [-0.1, -0.05) is 30.3 Å². The number of nitrogens with one attached hydrogen (secondary N) is 1. The Morgan fingerprint density at radius 3 is 2.25 bits per heavy atom. The second-order valence-electron chi connectivity index (χ2n) is 5.43. The largest absolute Gasteiger partial charge is 0.484 e. The molecule has 0 aromatic heterocycles. The van der Waals surface area contributed by atoms with Gasteiger partial charge in [0.1, 0.15) is 5.75 Å². The van der Waals surface area contributed by atoms with Crippen molar-refractivity contribution >= 4 is 11.7 Å². The minimum absolute atomic E-state index is 0.0479. The highest BCUT2D eigenvalue weighted by molar-refractivity contribution is 6.08. The Morgan fingerprint density at radius 1 is 1.00 bits per heavy atom. The van der Waals surface area contributed by atoms with Crippen molar-refractivity contribution in [3.05, 3.63) is 65.7 Å². The third-order valence-corrected chi connectivity index (χ3v) is 3.35. The van der Waals surface area contributed by atoms with Gasteiger partial charge in [0.2, 0.25) is 0 Å². The molecule has 0 saturated carbocycles. The quantitative estimate of drug-likeness (QED) is 0.757. The second-order valence-corrected chi connectivity index (χ2v) is 5.43. The van der Waals surface area contributed by atoms with E-state index in [0.717, 1.165) is 0 Å². The molecular weight excluding hydrogens is 306 g/mol. The van der Waals surface area contributed by atoms with Crippen LogP contribution in [0.15, 0.2) is 54.6 Å². The van der Waals surface area contributed by atoms with Gasteiger partial charge in [0.15, 0.2) is 12.4 Å². The number of ketones is 1. The smallest absolute Gasteiger partial charge is 0.258 e. The van der Waals surface area contributed by atoms with Crippen molar-refractivity contribution < 1.29 is 19.1 Å². The number of hydrogen-bond acceptors (Lipinski definition) is 4. The lowest BCUT2D eigenvalue weighted by molar-refractivity contribution is -0.124. The lowest BCUT2D eigenvalue weighted by atomic mass is 10.0. The Labute approximate surface area is 141 Å². The average Bonchev–Trinajstić information content (AvgIpc) is 2.61. The standard InChI is InChI=1S/C19H21NO4/c1-14(12-23-2)20-18(21)13-24-17-10-8-16(9-11-17)19(22)15-6-4-3-5-7-15/h3-11,14H,12-13H2,1-2H3,(H,20,21)/t14-/m1/s1. The Morgan fingerprint density at radius 2 is 1.62 bits per heavy atom. The second kappa shape index (κ2) is 8.84. The molecule has 0 heterocycles. The average molecular weight is 327 g/mol. The van der Waals surface area contributed by atoms with Crippen LogP contribution >= 0.6 is 0 Å². The van der Waals surface area contributed by atoms with Crippen LogP contribution in [0.1, 0.15) is 22.8 Å². The number of rotatable bonds is 8. The molecule has 2 aromatic carbocycles. The molecule has 5 nitrogen and oxygen atoms in total. The zero-order valence-corrected chi connectivity index (χ0v) is 13.8. The van der Waals surface area contributed by atoms with Gasteiger partial charge in [0.05, 0.1) is 6.61 Å². The summed E-state index contributed by atoms with van der Waals surface area (Å²) in [5.41, 5.74) is 1.21. The first-order chi connectivity index (χ1) is 11.6. The number of amides is 1. The molecule has 1 N–H and O–H groups in total. The van der Waals surface area contributed by atoms with Crippen LogP contribution in [0.2, 0.25) is 0 Å². The monoisotopic (exact) mass is 327 g/mol. The van der Waals surface area contributed by atoms with Crippen molar-refractivity contribution in [1.29, 1.82) is 0 Å². The van der Waals surface area contributed by atoms with E-state index in [0.29, 0.717) is 23.5 Å². The molecule has 1 atom stereocenters. The molecule has 0 unspecified atom stereocenters. The maximum atomic E-state index is 12.3. The van der Waals surface area contributed by atoms with E-state index >= 15 is 0 Å². The van der Waals surface area contributed by atoms with Gasteiger partial charge < -0.3 is 14.8 Å². The first-order valence-electron chi connectivity index (χ1n) is 7.71. The summed E-state index contributed by atoms with van der Waals surface area (Å²) in [6, 6.07) is 15.7. The summed E-state index contributed by atoms with van der Waals surface area (Å²) >= 11 is 0. The topological polar surface area (TPSA) is 64.6 Å². The SMILES string of the molecule is COC[C@@H](C)NC(=O)COc1ccc(C(=O)c2ccccc2)cc1.